The lowest BCUT2D eigenvalue weighted by Crippen LogP contribution is -2.59. The van der Waals surface area contributed by atoms with Crippen molar-refractivity contribution in [2.24, 2.45) is 17.8 Å². The van der Waals surface area contributed by atoms with Crippen LogP contribution < -0.4 is 14.4 Å². The number of amides is 2. The first-order chi connectivity index (χ1) is 24.3. The molecule has 0 radical (unpaired) electrons. The van der Waals surface area contributed by atoms with E-state index < -0.39 is 26.8 Å². The second-order valence-corrected chi connectivity index (χ2v) is 18.6. The summed E-state index contributed by atoms with van der Waals surface area (Å²) in [4.78, 5) is 32.2. The van der Waals surface area contributed by atoms with Crippen LogP contribution >= 0.6 is 11.6 Å². The van der Waals surface area contributed by atoms with Crippen molar-refractivity contribution in [3.8, 4) is 5.75 Å². The molecule has 2 aromatic rings. The first-order valence-electron chi connectivity index (χ1n) is 18.8. The van der Waals surface area contributed by atoms with Crippen LogP contribution in [0.2, 0.25) is 5.02 Å². The zero-order chi connectivity index (χ0) is 36.1. The van der Waals surface area contributed by atoms with Gasteiger partial charge in [0.1, 0.15) is 5.75 Å². The van der Waals surface area contributed by atoms with Crippen LogP contribution in [-0.2, 0) is 26.7 Å². The summed E-state index contributed by atoms with van der Waals surface area (Å²) in [5.74, 6) is 0.167. The molecule has 0 unspecified atom stereocenters. The first-order valence-corrected chi connectivity index (χ1v) is 20.8. The maximum atomic E-state index is 13.6. The maximum absolute atomic E-state index is 13.6. The fourth-order valence-corrected chi connectivity index (χ4v) is 11.1. The Kier molecular flexibility index (Phi) is 10.1. The Balaban J connectivity index is 1.26. The number of carbonyl (C=O) groups is 2. The number of carbonyl (C=O) groups excluding carboxylic acids is 2. The zero-order valence-corrected chi connectivity index (χ0v) is 31.8. The van der Waals surface area contributed by atoms with Crippen molar-refractivity contribution in [2.45, 2.75) is 88.4 Å². The van der Waals surface area contributed by atoms with Gasteiger partial charge < -0.3 is 19.6 Å². The van der Waals surface area contributed by atoms with Gasteiger partial charge in [0.25, 0.3) is 5.91 Å². The number of hydrogen-bond acceptors (Lipinski definition) is 8. The Hall–Kier alpha value is -2.86. The summed E-state index contributed by atoms with van der Waals surface area (Å²) in [6.45, 7) is 10.3. The Labute approximate surface area is 307 Å². The van der Waals surface area contributed by atoms with Crippen molar-refractivity contribution in [2.75, 3.05) is 57.3 Å². The third-order valence-corrected chi connectivity index (χ3v) is 15.1. The lowest BCUT2D eigenvalue weighted by molar-refractivity contribution is -0.133. The standard InChI is InChI=1S/C39H53ClN4O6S/c1-26-6-4-15-39(47,24-42-16-18-43(19-17-42)28(3)45)34-11-8-31(34)22-44-23-38(14-5-7-29-20-32(40)10-12-33(29)38)25-50-36-13-9-30(21-35(36)44)37(46)41-51(48,49)27(26)2/h9-10,12-13,20-21,26-27,31,34,47H,4-8,11,14-19,22-25H2,1-3H3,(H,41,46)/t26-,27+,31-,34+,38-,39+/m0/s1. The van der Waals surface area contributed by atoms with E-state index in [1.807, 2.05) is 17.9 Å². The number of hydrogen-bond donors (Lipinski definition) is 2. The Morgan fingerprint density at radius 2 is 1.82 bits per heavy atom. The number of anilines is 1. The van der Waals surface area contributed by atoms with E-state index in [4.69, 9.17) is 16.3 Å². The molecule has 0 aromatic heterocycles. The quantitative estimate of drug-likeness (QED) is 0.442. The van der Waals surface area contributed by atoms with Gasteiger partial charge in [-0.3, -0.25) is 14.5 Å². The smallest absolute Gasteiger partial charge is 0.264 e. The van der Waals surface area contributed by atoms with Crippen molar-refractivity contribution < 1.29 is 27.9 Å². The van der Waals surface area contributed by atoms with E-state index in [9.17, 15) is 23.1 Å². The second-order valence-electron chi connectivity index (χ2n) is 16.2. The van der Waals surface area contributed by atoms with Crippen molar-refractivity contribution in [1.82, 2.24) is 14.5 Å². The van der Waals surface area contributed by atoms with Crippen LogP contribution in [-0.4, -0.2) is 98.4 Å². The Morgan fingerprint density at radius 3 is 2.55 bits per heavy atom. The Bertz CT molecular complexity index is 1770. The molecule has 2 bridgehead atoms. The molecule has 5 aliphatic rings. The van der Waals surface area contributed by atoms with Gasteiger partial charge in [0.2, 0.25) is 15.9 Å². The topological polar surface area (TPSA) is 119 Å². The van der Waals surface area contributed by atoms with Crippen LogP contribution in [0.5, 0.6) is 5.75 Å². The summed E-state index contributed by atoms with van der Waals surface area (Å²) >= 11 is 6.47. The number of aryl methyl sites for hydroxylation is 1. The van der Waals surface area contributed by atoms with Gasteiger partial charge >= 0.3 is 0 Å². The number of β-amino-alcohol motifs (C(OH)–C–C–N with tert-alkyl or cyclic N) is 1. The molecule has 2 amide bonds. The van der Waals surface area contributed by atoms with Crippen LogP contribution in [0.4, 0.5) is 5.69 Å². The van der Waals surface area contributed by atoms with Crippen LogP contribution in [0.3, 0.4) is 0 Å². The zero-order valence-electron chi connectivity index (χ0n) is 30.2. The summed E-state index contributed by atoms with van der Waals surface area (Å²) in [6, 6.07) is 11.4. The molecule has 2 N–H and O–H groups in total. The van der Waals surface area contributed by atoms with Gasteiger partial charge in [0.05, 0.1) is 23.1 Å². The van der Waals surface area contributed by atoms with Gasteiger partial charge in [-0.15, -0.1) is 0 Å². The number of piperazine rings is 1. The highest BCUT2D eigenvalue weighted by atomic mass is 35.5. The SMILES string of the molecule is CC(=O)N1CCN(C[C@]2(O)CCC[C@H](C)[C@@H](C)S(=O)(=O)NC(=O)c3ccc4c(c3)N(C[C@@H]3CC[C@H]32)C[C@@]2(CCCc3cc(Cl)ccc32)CO4)CC1. The third-order valence-electron chi connectivity index (χ3n) is 13.0. The normalized spacial score (nSPS) is 32.8. The number of sulfonamides is 1. The molecule has 1 saturated heterocycles. The third kappa shape index (κ3) is 7.25. The highest BCUT2D eigenvalue weighted by Crippen LogP contribution is 2.49. The monoisotopic (exact) mass is 740 g/mol. The van der Waals surface area contributed by atoms with E-state index in [2.05, 4.69) is 26.7 Å². The van der Waals surface area contributed by atoms with Gasteiger partial charge in [-0.25, -0.2) is 13.1 Å². The van der Waals surface area contributed by atoms with Gasteiger partial charge in [0, 0.05) is 68.7 Å². The number of halogens is 1. The van der Waals surface area contributed by atoms with E-state index in [0.717, 1.165) is 55.9 Å². The summed E-state index contributed by atoms with van der Waals surface area (Å²) in [5, 5.41) is 12.7. The molecule has 7 rings (SSSR count). The van der Waals surface area contributed by atoms with E-state index in [-0.39, 0.29) is 34.6 Å². The van der Waals surface area contributed by atoms with Crippen LogP contribution in [0.25, 0.3) is 0 Å². The number of benzene rings is 2. The van der Waals surface area contributed by atoms with E-state index in [1.165, 1.54) is 11.1 Å². The molecule has 2 aliphatic carbocycles. The minimum atomic E-state index is -3.97. The van der Waals surface area contributed by atoms with Gasteiger partial charge in [-0.05, 0) is 111 Å². The molecule has 278 valence electrons. The molecular weight excluding hydrogens is 688 g/mol. The molecule has 3 aliphatic heterocycles. The molecule has 10 nitrogen and oxygen atoms in total. The maximum Gasteiger partial charge on any atom is 0.264 e. The lowest BCUT2D eigenvalue weighted by Gasteiger charge is -2.52. The van der Waals surface area contributed by atoms with E-state index in [1.54, 1.807) is 32.0 Å². The summed E-state index contributed by atoms with van der Waals surface area (Å²) < 4.78 is 36.0. The molecule has 1 saturated carbocycles. The minimum Gasteiger partial charge on any atom is -0.490 e. The molecule has 51 heavy (non-hydrogen) atoms. The number of rotatable bonds is 2. The number of fused-ring (bicyclic) bond motifs is 4. The van der Waals surface area contributed by atoms with Crippen LogP contribution in [0, 0.1) is 17.8 Å². The number of nitrogens with zero attached hydrogens (tertiary/aromatic N) is 3. The van der Waals surface area contributed by atoms with Crippen LogP contribution in [0.15, 0.2) is 36.4 Å². The van der Waals surface area contributed by atoms with Gasteiger partial charge in [-0.2, -0.15) is 0 Å². The largest absolute Gasteiger partial charge is 0.490 e. The highest BCUT2D eigenvalue weighted by molar-refractivity contribution is 7.90. The number of nitrogens with one attached hydrogen (secondary N) is 1. The first kappa shape index (κ1) is 36.5. The molecule has 6 atom stereocenters. The number of ether oxygens (including phenoxy) is 1. The highest BCUT2D eigenvalue weighted by Gasteiger charge is 2.49. The molecule has 2 aromatic carbocycles. The average molecular weight is 741 g/mol. The minimum absolute atomic E-state index is 0.0557. The predicted molar refractivity (Wildman–Crippen MR) is 199 cm³/mol. The van der Waals surface area contributed by atoms with E-state index >= 15 is 0 Å². The second kappa shape index (κ2) is 14.2. The van der Waals surface area contributed by atoms with Crippen molar-refractivity contribution in [3.63, 3.8) is 0 Å². The molecular formula is C39H53ClN4O6S. The van der Waals surface area contributed by atoms with Gasteiger partial charge in [0.15, 0.2) is 0 Å². The molecule has 3 heterocycles. The number of aliphatic hydroxyl groups is 1. The van der Waals surface area contributed by atoms with Crippen molar-refractivity contribution >= 4 is 39.1 Å². The average Bonchev–Trinajstić information content (AvgIpc) is 3.22. The fourth-order valence-electron chi connectivity index (χ4n) is 9.57. The van der Waals surface area contributed by atoms with E-state index in [0.29, 0.717) is 64.3 Å². The van der Waals surface area contributed by atoms with Crippen molar-refractivity contribution in [1.29, 1.82) is 0 Å². The molecule has 1 spiro atoms. The predicted octanol–water partition coefficient (Wildman–Crippen LogP) is 5.00. The summed E-state index contributed by atoms with van der Waals surface area (Å²) in [7, 11) is -3.97. The summed E-state index contributed by atoms with van der Waals surface area (Å²) in [6.07, 6.45) is 6.66. The lowest BCUT2D eigenvalue weighted by atomic mass is 9.62. The Morgan fingerprint density at radius 1 is 1.04 bits per heavy atom. The fraction of sp³-hybridized carbons (Fsp3) is 0.641. The van der Waals surface area contributed by atoms with Crippen molar-refractivity contribution in [3.05, 3.63) is 58.1 Å². The summed E-state index contributed by atoms with van der Waals surface area (Å²) in [5.41, 5.74) is 2.27. The van der Waals surface area contributed by atoms with Crippen LogP contribution in [0.1, 0.15) is 87.2 Å². The molecule has 12 heteroatoms. The molecule has 2 fully saturated rings. The van der Waals surface area contributed by atoms with Gasteiger partial charge in [-0.1, -0.05) is 31.0 Å².